The SMILES string of the molecule is C[C@H]1CCCCN1C(=O)COC(=O)c1cccc(S(=O)(=O)N2CCCC[C@@H]2C)c1. The molecule has 2 saturated heterocycles. The zero-order valence-electron chi connectivity index (χ0n) is 17.2. The summed E-state index contributed by atoms with van der Waals surface area (Å²) in [6.45, 7) is 4.74. The minimum Gasteiger partial charge on any atom is -0.452 e. The minimum atomic E-state index is -3.67. The first-order valence-electron chi connectivity index (χ1n) is 10.4. The van der Waals surface area contributed by atoms with Crippen molar-refractivity contribution in [2.75, 3.05) is 19.7 Å². The second-order valence-electron chi connectivity index (χ2n) is 8.00. The Balaban J connectivity index is 1.67. The smallest absolute Gasteiger partial charge is 0.338 e. The van der Waals surface area contributed by atoms with Crippen LogP contribution in [0.15, 0.2) is 29.2 Å². The van der Waals surface area contributed by atoms with Crippen molar-refractivity contribution < 1.29 is 22.7 Å². The van der Waals surface area contributed by atoms with Crippen LogP contribution in [0, 0.1) is 0 Å². The lowest BCUT2D eigenvalue weighted by atomic mass is 10.0. The summed E-state index contributed by atoms with van der Waals surface area (Å²) in [6, 6.07) is 5.96. The number of hydrogen-bond acceptors (Lipinski definition) is 5. The zero-order chi connectivity index (χ0) is 21.0. The highest BCUT2D eigenvalue weighted by Crippen LogP contribution is 2.25. The molecule has 0 unspecified atom stereocenters. The standard InChI is InChI=1S/C21H30N2O5S/c1-16-8-3-5-12-22(16)20(24)15-28-21(25)18-10-7-11-19(14-18)29(26,27)23-13-6-4-9-17(23)2/h7,10-11,14,16-17H,3-6,8-9,12-13,15H2,1-2H3/t16-,17-/m0/s1. The minimum absolute atomic E-state index is 0.0616. The maximum absolute atomic E-state index is 13.0. The van der Waals surface area contributed by atoms with Crippen molar-refractivity contribution in [3.8, 4) is 0 Å². The van der Waals surface area contributed by atoms with Gasteiger partial charge in [-0.3, -0.25) is 4.79 Å². The molecule has 2 fully saturated rings. The van der Waals surface area contributed by atoms with Gasteiger partial charge in [0.1, 0.15) is 0 Å². The number of sulfonamides is 1. The molecule has 2 aliphatic rings. The fourth-order valence-electron chi connectivity index (χ4n) is 4.11. The monoisotopic (exact) mass is 422 g/mol. The summed E-state index contributed by atoms with van der Waals surface area (Å²) in [6.07, 6.45) is 5.69. The Kier molecular flexibility index (Phi) is 6.95. The first-order valence-corrected chi connectivity index (χ1v) is 11.8. The average Bonchev–Trinajstić information content (AvgIpc) is 2.72. The van der Waals surface area contributed by atoms with E-state index in [2.05, 4.69) is 0 Å². The maximum atomic E-state index is 13.0. The molecular weight excluding hydrogens is 392 g/mol. The van der Waals surface area contributed by atoms with Gasteiger partial charge in [0.15, 0.2) is 6.61 Å². The van der Waals surface area contributed by atoms with Gasteiger partial charge >= 0.3 is 5.97 Å². The molecule has 2 atom stereocenters. The van der Waals surface area contributed by atoms with Crippen molar-refractivity contribution in [1.82, 2.24) is 9.21 Å². The molecule has 1 amide bonds. The zero-order valence-corrected chi connectivity index (χ0v) is 18.0. The van der Waals surface area contributed by atoms with Crippen molar-refractivity contribution in [1.29, 1.82) is 0 Å². The van der Waals surface area contributed by atoms with Crippen LogP contribution in [-0.4, -0.2) is 61.3 Å². The van der Waals surface area contributed by atoms with Crippen LogP contribution < -0.4 is 0 Å². The predicted molar refractivity (Wildman–Crippen MR) is 109 cm³/mol. The summed E-state index contributed by atoms with van der Waals surface area (Å²) < 4.78 is 32.7. The number of rotatable bonds is 5. The molecule has 0 aliphatic carbocycles. The van der Waals surface area contributed by atoms with Gasteiger partial charge in [-0.2, -0.15) is 4.31 Å². The van der Waals surface area contributed by atoms with Crippen LogP contribution >= 0.6 is 0 Å². The van der Waals surface area contributed by atoms with E-state index in [1.807, 2.05) is 13.8 Å². The summed E-state index contributed by atoms with van der Waals surface area (Å²) in [5, 5.41) is 0. The Hall–Kier alpha value is -1.93. The summed E-state index contributed by atoms with van der Waals surface area (Å²) >= 11 is 0. The van der Waals surface area contributed by atoms with E-state index in [0.717, 1.165) is 38.5 Å². The number of amides is 1. The van der Waals surface area contributed by atoms with Crippen LogP contribution in [0.2, 0.25) is 0 Å². The topological polar surface area (TPSA) is 84.0 Å². The predicted octanol–water partition coefficient (Wildman–Crippen LogP) is 2.81. The molecule has 160 valence electrons. The molecule has 3 rings (SSSR count). The number of benzene rings is 1. The summed E-state index contributed by atoms with van der Waals surface area (Å²) in [4.78, 5) is 26.6. The molecule has 0 radical (unpaired) electrons. The van der Waals surface area contributed by atoms with Gasteiger partial charge in [0, 0.05) is 25.2 Å². The van der Waals surface area contributed by atoms with Crippen molar-refractivity contribution in [2.24, 2.45) is 0 Å². The van der Waals surface area contributed by atoms with Gasteiger partial charge in [0.2, 0.25) is 10.0 Å². The highest BCUT2D eigenvalue weighted by atomic mass is 32.2. The molecule has 1 aromatic rings. The lowest BCUT2D eigenvalue weighted by Gasteiger charge is -2.33. The van der Waals surface area contributed by atoms with Gasteiger partial charge in [-0.25, -0.2) is 13.2 Å². The number of carbonyl (C=O) groups is 2. The molecule has 1 aromatic carbocycles. The second-order valence-corrected chi connectivity index (χ2v) is 9.89. The Bertz CT molecular complexity index is 854. The Morgan fingerprint density at radius 2 is 1.72 bits per heavy atom. The van der Waals surface area contributed by atoms with Crippen LogP contribution in [0.4, 0.5) is 0 Å². The number of hydrogen-bond donors (Lipinski definition) is 0. The van der Waals surface area contributed by atoms with E-state index in [4.69, 9.17) is 4.74 Å². The number of likely N-dealkylation sites (tertiary alicyclic amines) is 1. The van der Waals surface area contributed by atoms with Crippen molar-refractivity contribution in [2.45, 2.75) is 69.4 Å². The molecule has 0 aromatic heterocycles. The second kappa shape index (κ2) is 9.26. The number of nitrogens with zero attached hydrogens (tertiary/aromatic N) is 2. The van der Waals surface area contributed by atoms with Crippen molar-refractivity contribution >= 4 is 21.9 Å². The largest absolute Gasteiger partial charge is 0.452 e. The Morgan fingerprint density at radius 1 is 1.03 bits per heavy atom. The van der Waals surface area contributed by atoms with Crippen LogP contribution in [-0.2, 0) is 19.6 Å². The molecule has 0 saturated carbocycles. The number of ether oxygens (including phenoxy) is 1. The molecule has 0 bridgehead atoms. The molecule has 2 heterocycles. The van der Waals surface area contributed by atoms with Gasteiger partial charge in [-0.05, 0) is 64.2 Å². The van der Waals surface area contributed by atoms with E-state index < -0.39 is 16.0 Å². The lowest BCUT2D eigenvalue weighted by Crippen LogP contribution is -2.44. The maximum Gasteiger partial charge on any atom is 0.338 e. The Morgan fingerprint density at radius 3 is 2.41 bits per heavy atom. The highest BCUT2D eigenvalue weighted by molar-refractivity contribution is 7.89. The quantitative estimate of drug-likeness (QED) is 0.682. The third kappa shape index (κ3) is 4.98. The van der Waals surface area contributed by atoms with Gasteiger partial charge in [0.05, 0.1) is 10.5 Å². The summed E-state index contributed by atoms with van der Waals surface area (Å²) in [5.41, 5.74) is 0.134. The highest BCUT2D eigenvalue weighted by Gasteiger charge is 2.31. The fraction of sp³-hybridized carbons (Fsp3) is 0.619. The lowest BCUT2D eigenvalue weighted by molar-refractivity contribution is -0.137. The van der Waals surface area contributed by atoms with Crippen LogP contribution in [0.25, 0.3) is 0 Å². The first-order chi connectivity index (χ1) is 13.8. The first kappa shape index (κ1) is 21.8. The number of carbonyl (C=O) groups excluding carboxylic acids is 2. The molecule has 0 N–H and O–H groups in total. The number of esters is 1. The van der Waals surface area contributed by atoms with E-state index in [9.17, 15) is 18.0 Å². The molecule has 8 heteroatoms. The average molecular weight is 423 g/mol. The van der Waals surface area contributed by atoms with E-state index >= 15 is 0 Å². The molecule has 29 heavy (non-hydrogen) atoms. The normalized spacial score (nSPS) is 23.6. The molecule has 0 spiro atoms. The third-order valence-corrected chi connectivity index (χ3v) is 7.88. The van der Waals surface area contributed by atoms with Crippen molar-refractivity contribution in [3.05, 3.63) is 29.8 Å². The summed E-state index contributed by atoms with van der Waals surface area (Å²) in [5.74, 6) is -0.900. The van der Waals surface area contributed by atoms with E-state index in [-0.39, 0.29) is 35.1 Å². The number of piperidine rings is 2. The third-order valence-electron chi connectivity index (χ3n) is 5.87. The van der Waals surface area contributed by atoms with Crippen molar-refractivity contribution in [3.63, 3.8) is 0 Å². The van der Waals surface area contributed by atoms with Gasteiger partial charge < -0.3 is 9.64 Å². The van der Waals surface area contributed by atoms with Gasteiger partial charge in [-0.15, -0.1) is 0 Å². The molecule has 7 nitrogen and oxygen atoms in total. The Labute approximate surface area is 173 Å². The van der Waals surface area contributed by atoms with E-state index in [1.165, 1.54) is 28.6 Å². The van der Waals surface area contributed by atoms with Crippen LogP contribution in [0.3, 0.4) is 0 Å². The summed E-state index contributed by atoms with van der Waals surface area (Å²) in [7, 11) is -3.67. The van der Waals surface area contributed by atoms with Gasteiger partial charge in [-0.1, -0.05) is 12.5 Å². The molecular formula is C21H30N2O5S. The molecule has 2 aliphatic heterocycles. The van der Waals surface area contributed by atoms with Gasteiger partial charge in [0.25, 0.3) is 5.91 Å². The fourth-order valence-corrected chi connectivity index (χ4v) is 5.86. The van der Waals surface area contributed by atoms with Crippen LogP contribution in [0.1, 0.15) is 62.7 Å². The van der Waals surface area contributed by atoms with E-state index in [0.29, 0.717) is 13.1 Å². The van der Waals surface area contributed by atoms with Crippen LogP contribution in [0.5, 0.6) is 0 Å². The van der Waals surface area contributed by atoms with E-state index in [1.54, 1.807) is 4.90 Å².